The summed E-state index contributed by atoms with van der Waals surface area (Å²) in [5.74, 6) is -0.121. The maximum absolute atomic E-state index is 11.9. The summed E-state index contributed by atoms with van der Waals surface area (Å²) in [5.41, 5.74) is 14.0. The van der Waals surface area contributed by atoms with Gasteiger partial charge in [-0.05, 0) is 36.6 Å². The predicted molar refractivity (Wildman–Crippen MR) is 82.4 cm³/mol. The van der Waals surface area contributed by atoms with Crippen LogP contribution in [0.4, 0.5) is 11.4 Å². The first-order valence-electron chi connectivity index (χ1n) is 6.64. The molecule has 2 aromatic carbocycles. The minimum Gasteiger partial charge on any atom is -0.397 e. The summed E-state index contributed by atoms with van der Waals surface area (Å²) in [7, 11) is 0. The second-order valence-electron chi connectivity index (χ2n) is 4.69. The zero-order valence-electron chi connectivity index (χ0n) is 11.3. The van der Waals surface area contributed by atoms with Crippen LogP contribution in [0.3, 0.4) is 0 Å². The standard InChI is InChI=1S/C16H19N3O/c17-14-9-8-13(11-15(14)18)16(20)19-10-4-7-12-5-2-1-3-6-12/h1-3,5-6,8-9,11H,4,7,10,17-18H2,(H,19,20). The molecule has 0 heterocycles. The normalized spacial score (nSPS) is 10.2. The Hall–Kier alpha value is -2.49. The summed E-state index contributed by atoms with van der Waals surface area (Å²) in [6.07, 6.45) is 1.85. The lowest BCUT2D eigenvalue weighted by Crippen LogP contribution is -2.24. The van der Waals surface area contributed by atoms with Gasteiger partial charge < -0.3 is 16.8 Å². The smallest absolute Gasteiger partial charge is 0.251 e. The number of hydrogen-bond acceptors (Lipinski definition) is 3. The van der Waals surface area contributed by atoms with Gasteiger partial charge in [0.1, 0.15) is 0 Å². The maximum Gasteiger partial charge on any atom is 0.251 e. The number of aryl methyl sites for hydroxylation is 1. The summed E-state index contributed by atoms with van der Waals surface area (Å²) in [4.78, 5) is 11.9. The second kappa shape index (κ2) is 6.61. The Labute approximate surface area is 118 Å². The number of anilines is 2. The zero-order valence-corrected chi connectivity index (χ0v) is 11.3. The van der Waals surface area contributed by atoms with E-state index in [1.54, 1.807) is 18.2 Å². The minimum absolute atomic E-state index is 0.121. The Bertz CT molecular complexity index is 582. The fraction of sp³-hybridized carbons (Fsp3) is 0.188. The number of carbonyl (C=O) groups is 1. The van der Waals surface area contributed by atoms with Crippen molar-refractivity contribution in [1.82, 2.24) is 5.32 Å². The highest BCUT2D eigenvalue weighted by Crippen LogP contribution is 2.15. The number of rotatable bonds is 5. The fourth-order valence-electron chi connectivity index (χ4n) is 1.96. The van der Waals surface area contributed by atoms with Crippen LogP contribution in [0.2, 0.25) is 0 Å². The Morgan fingerprint density at radius 1 is 1.00 bits per heavy atom. The van der Waals surface area contributed by atoms with Crippen molar-refractivity contribution in [3.8, 4) is 0 Å². The summed E-state index contributed by atoms with van der Waals surface area (Å²) in [6.45, 7) is 0.637. The summed E-state index contributed by atoms with van der Waals surface area (Å²) < 4.78 is 0. The van der Waals surface area contributed by atoms with E-state index < -0.39 is 0 Å². The molecule has 4 nitrogen and oxygen atoms in total. The van der Waals surface area contributed by atoms with Gasteiger partial charge in [-0.15, -0.1) is 0 Å². The lowest BCUT2D eigenvalue weighted by atomic mass is 10.1. The van der Waals surface area contributed by atoms with Crippen molar-refractivity contribution in [2.75, 3.05) is 18.0 Å². The van der Waals surface area contributed by atoms with Gasteiger partial charge in [0, 0.05) is 12.1 Å². The van der Waals surface area contributed by atoms with E-state index in [0.717, 1.165) is 12.8 Å². The third kappa shape index (κ3) is 3.75. The van der Waals surface area contributed by atoms with E-state index in [-0.39, 0.29) is 5.91 Å². The molecule has 0 aliphatic heterocycles. The third-order valence-corrected chi connectivity index (χ3v) is 3.12. The molecule has 0 aromatic heterocycles. The van der Waals surface area contributed by atoms with E-state index in [1.807, 2.05) is 18.2 Å². The van der Waals surface area contributed by atoms with Gasteiger partial charge in [0.25, 0.3) is 5.91 Å². The first kappa shape index (κ1) is 13.9. The molecule has 104 valence electrons. The molecule has 0 saturated heterocycles. The summed E-state index contributed by atoms with van der Waals surface area (Å²) in [5, 5.41) is 2.88. The molecular weight excluding hydrogens is 250 g/mol. The molecule has 0 fully saturated rings. The first-order chi connectivity index (χ1) is 9.66. The molecular formula is C16H19N3O. The van der Waals surface area contributed by atoms with Gasteiger partial charge in [-0.1, -0.05) is 30.3 Å². The highest BCUT2D eigenvalue weighted by atomic mass is 16.1. The van der Waals surface area contributed by atoms with Crippen LogP contribution in [0.15, 0.2) is 48.5 Å². The van der Waals surface area contributed by atoms with Crippen LogP contribution >= 0.6 is 0 Å². The molecule has 0 bridgehead atoms. The highest BCUT2D eigenvalue weighted by Gasteiger charge is 2.06. The Morgan fingerprint density at radius 2 is 1.75 bits per heavy atom. The van der Waals surface area contributed by atoms with Gasteiger partial charge >= 0.3 is 0 Å². The maximum atomic E-state index is 11.9. The number of nitrogens with one attached hydrogen (secondary N) is 1. The number of carbonyl (C=O) groups excluding carboxylic acids is 1. The molecule has 0 radical (unpaired) electrons. The van der Waals surface area contributed by atoms with Crippen molar-refractivity contribution in [3.63, 3.8) is 0 Å². The van der Waals surface area contributed by atoms with Gasteiger partial charge in [-0.25, -0.2) is 0 Å². The number of amides is 1. The van der Waals surface area contributed by atoms with E-state index in [2.05, 4.69) is 17.4 Å². The first-order valence-corrected chi connectivity index (χ1v) is 6.64. The highest BCUT2D eigenvalue weighted by molar-refractivity contribution is 5.95. The van der Waals surface area contributed by atoms with Gasteiger partial charge in [-0.2, -0.15) is 0 Å². The van der Waals surface area contributed by atoms with Gasteiger partial charge in [0.2, 0.25) is 0 Å². The van der Waals surface area contributed by atoms with Crippen molar-refractivity contribution in [3.05, 3.63) is 59.7 Å². The predicted octanol–water partition coefficient (Wildman–Crippen LogP) is 2.21. The lowest BCUT2D eigenvalue weighted by Gasteiger charge is -2.07. The molecule has 0 atom stereocenters. The molecule has 2 aromatic rings. The van der Waals surface area contributed by atoms with Crippen molar-refractivity contribution in [1.29, 1.82) is 0 Å². The van der Waals surface area contributed by atoms with E-state index >= 15 is 0 Å². The van der Waals surface area contributed by atoms with Crippen LogP contribution in [0, 0.1) is 0 Å². The van der Waals surface area contributed by atoms with Crippen LogP contribution in [-0.2, 0) is 6.42 Å². The quantitative estimate of drug-likeness (QED) is 0.575. The zero-order chi connectivity index (χ0) is 14.4. The Kier molecular flexibility index (Phi) is 4.60. The van der Waals surface area contributed by atoms with E-state index in [1.165, 1.54) is 5.56 Å². The number of nitrogens with two attached hydrogens (primary N) is 2. The molecule has 0 aliphatic carbocycles. The average molecular weight is 269 g/mol. The fourth-order valence-corrected chi connectivity index (χ4v) is 1.96. The van der Waals surface area contributed by atoms with Crippen molar-refractivity contribution >= 4 is 17.3 Å². The minimum atomic E-state index is -0.121. The Morgan fingerprint density at radius 3 is 2.45 bits per heavy atom. The van der Waals surface area contributed by atoms with Crippen LogP contribution in [0.5, 0.6) is 0 Å². The monoisotopic (exact) mass is 269 g/mol. The SMILES string of the molecule is Nc1ccc(C(=O)NCCCc2ccccc2)cc1N. The number of hydrogen-bond donors (Lipinski definition) is 3. The average Bonchev–Trinajstić information content (AvgIpc) is 2.47. The Balaban J connectivity index is 1.79. The van der Waals surface area contributed by atoms with Crippen LogP contribution < -0.4 is 16.8 Å². The van der Waals surface area contributed by atoms with Crippen LogP contribution in [0.25, 0.3) is 0 Å². The van der Waals surface area contributed by atoms with Gasteiger partial charge in [0.15, 0.2) is 0 Å². The molecule has 0 aliphatic rings. The summed E-state index contributed by atoms with van der Waals surface area (Å²) in [6, 6.07) is 15.1. The van der Waals surface area contributed by atoms with Gasteiger partial charge in [0.05, 0.1) is 11.4 Å². The van der Waals surface area contributed by atoms with Crippen LogP contribution in [-0.4, -0.2) is 12.5 Å². The molecule has 0 saturated carbocycles. The molecule has 0 spiro atoms. The van der Waals surface area contributed by atoms with Crippen molar-refractivity contribution in [2.45, 2.75) is 12.8 Å². The topological polar surface area (TPSA) is 81.1 Å². The molecule has 5 N–H and O–H groups in total. The molecule has 1 amide bonds. The van der Waals surface area contributed by atoms with Gasteiger partial charge in [-0.3, -0.25) is 4.79 Å². The van der Waals surface area contributed by atoms with Crippen molar-refractivity contribution < 1.29 is 4.79 Å². The number of nitrogen functional groups attached to an aromatic ring is 2. The van der Waals surface area contributed by atoms with E-state index in [4.69, 9.17) is 11.5 Å². The van der Waals surface area contributed by atoms with E-state index in [9.17, 15) is 4.79 Å². The molecule has 0 unspecified atom stereocenters. The molecule has 20 heavy (non-hydrogen) atoms. The second-order valence-corrected chi connectivity index (χ2v) is 4.69. The third-order valence-electron chi connectivity index (χ3n) is 3.12. The number of benzene rings is 2. The van der Waals surface area contributed by atoms with Crippen molar-refractivity contribution in [2.24, 2.45) is 0 Å². The molecule has 4 heteroatoms. The lowest BCUT2D eigenvalue weighted by molar-refractivity contribution is 0.0953. The summed E-state index contributed by atoms with van der Waals surface area (Å²) >= 11 is 0. The largest absolute Gasteiger partial charge is 0.397 e. The van der Waals surface area contributed by atoms with E-state index in [0.29, 0.717) is 23.5 Å². The van der Waals surface area contributed by atoms with Crippen LogP contribution in [0.1, 0.15) is 22.3 Å². The molecule has 2 rings (SSSR count).